The largest absolute Gasteiger partial charge is 0.395 e. The second-order valence-corrected chi connectivity index (χ2v) is 6.48. The van der Waals surface area contributed by atoms with E-state index in [-0.39, 0.29) is 18.8 Å². The van der Waals surface area contributed by atoms with Gasteiger partial charge in [-0.15, -0.1) is 0 Å². The molecule has 9 heteroatoms. The van der Waals surface area contributed by atoms with Crippen molar-refractivity contribution >= 4 is 72.6 Å². The molecular formula is C12H8Br2Cl2N2O3. The first kappa shape index (κ1) is 16.8. The van der Waals surface area contributed by atoms with Crippen molar-refractivity contribution < 1.29 is 14.7 Å². The number of nitrogens with one attached hydrogen (secondary N) is 1. The monoisotopic (exact) mass is 456 g/mol. The summed E-state index contributed by atoms with van der Waals surface area (Å²) in [7, 11) is 0. The van der Waals surface area contributed by atoms with E-state index in [1.807, 2.05) is 0 Å². The van der Waals surface area contributed by atoms with Crippen LogP contribution in [0.3, 0.4) is 0 Å². The zero-order valence-corrected chi connectivity index (χ0v) is 15.0. The van der Waals surface area contributed by atoms with E-state index in [2.05, 4.69) is 37.2 Å². The van der Waals surface area contributed by atoms with Gasteiger partial charge >= 0.3 is 0 Å². The summed E-state index contributed by atoms with van der Waals surface area (Å²) < 4.78 is 1.06. The van der Waals surface area contributed by atoms with Gasteiger partial charge in [-0.1, -0.05) is 23.2 Å². The minimum absolute atomic E-state index is 0.0602. The van der Waals surface area contributed by atoms with E-state index in [0.29, 0.717) is 24.7 Å². The summed E-state index contributed by atoms with van der Waals surface area (Å²) in [6.07, 6.45) is 1.15. The molecule has 1 aromatic rings. The second-order valence-electron chi connectivity index (χ2n) is 4.04. The Bertz CT molecular complexity index is 664. The minimum atomic E-state index is -0.531. The van der Waals surface area contributed by atoms with Crippen molar-refractivity contribution in [2.45, 2.75) is 0 Å². The maximum Gasteiger partial charge on any atom is 0.277 e. The molecule has 1 aromatic carbocycles. The zero-order chi connectivity index (χ0) is 15.7. The second kappa shape index (κ2) is 6.66. The van der Waals surface area contributed by atoms with E-state index in [0.717, 1.165) is 11.0 Å². The van der Waals surface area contributed by atoms with E-state index in [1.165, 1.54) is 0 Å². The maximum absolute atomic E-state index is 12.0. The highest BCUT2D eigenvalue weighted by Gasteiger charge is 2.31. The minimum Gasteiger partial charge on any atom is -0.395 e. The molecule has 0 fully saturated rings. The van der Waals surface area contributed by atoms with E-state index >= 15 is 0 Å². The summed E-state index contributed by atoms with van der Waals surface area (Å²) in [4.78, 5) is 24.6. The fourth-order valence-electron chi connectivity index (χ4n) is 1.73. The average molecular weight is 459 g/mol. The molecule has 1 heterocycles. The number of nitrogens with zero attached hydrogens (tertiary/aromatic N) is 1. The third-order valence-corrected chi connectivity index (χ3v) is 5.27. The fourth-order valence-corrected chi connectivity index (χ4v) is 3.59. The Labute approximate surface area is 147 Å². The van der Waals surface area contributed by atoms with Gasteiger partial charge < -0.3 is 10.4 Å². The summed E-state index contributed by atoms with van der Waals surface area (Å²) in [6, 6.07) is 1.57. The smallest absolute Gasteiger partial charge is 0.277 e. The van der Waals surface area contributed by atoms with Gasteiger partial charge in [-0.25, -0.2) is 0 Å². The lowest BCUT2D eigenvalue weighted by atomic mass is 10.3. The standard InChI is InChI=1S/C12H8Br2Cl2N2O3/c13-5-3-6(15)11(9(14)10(5)16)17-7-4-8(20)18(1-2-19)12(7)21/h3-4,17,19H,1-2H2. The van der Waals surface area contributed by atoms with Crippen LogP contribution in [0.4, 0.5) is 5.69 Å². The highest BCUT2D eigenvalue weighted by molar-refractivity contribution is 9.11. The van der Waals surface area contributed by atoms with Gasteiger partial charge in [0.25, 0.3) is 11.8 Å². The molecule has 0 bridgehead atoms. The highest BCUT2D eigenvalue weighted by Crippen LogP contribution is 2.42. The summed E-state index contributed by atoms with van der Waals surface area (Å²) in [6.45, 7) is -0.359. The van der Waals surface area contributed by atoms with Gasteiger partial charge in [0.15, 0.2) is 0 Å². The number of rotatable bonds is 4. The van der Waals surface area contributed by atoms with Crippen LogP contribution >= 0.6 is 55.1 Å². The van der Waals surface area contributed by atoms with Gasteiger partial charge in [0.2, 0.25) is 0 Å². The fraction of sp³-hybridized carbons (Fsp3) is 0.167. The van der Waals surface area contributed by atoms with E-state index in [9.17, 15) is 9.59 Å². The first-order valence-electron chi connectivity index (χ1n) is 5.65. The molecule has 0 aromatic heterocycles. The zero-order valence-electron chi connectivity index (χ0n) is 10.3. The Morgan fingerprint density at radius 2 is 1.95 bits per heavy atom. The third kappa shape index (κ3) is 3.27. The lowest BCUT2D eigenvalue weighted by Crippen LogP contribution is -2.34. The van der Waals surface area contributed by atoms with Crippen molar-refractivity contribution in [3.63, 3.8) is 0 Å². The number of aliphatic hydroxyl groups is 1. The van der Waals surface area contributed by atoms with E-state index in [1.54, 1.807) is 6.07 Å². The number of carbonyl (C=O) groups excluding carboxylic acids is 2. The summed E-state index contributed by atoms with van der Waals surface area (Å²) in [5.41, 5.74) is 0.442. The van der Waals surface area contributed by atoms with Gasteiger partial charge in [0.1, 0.15) is 5.70 Å². The first-order chi connectivity index (χ1) is 9.86. The quantitative estimate of drug-likeness (QED) is 0.413. The summed E-state index contributed by atoms with van der Waals surface area (Å²) in [5.74, 6) is -1.02. The van der Waals surface area contributed by atoms with Crippen LogP contribution < -0.4 is 5.32 Å². The van der Waals surface area contributed by atoms with E-state index < -0.39 is 11.8 Å². The Hall–Kier alpha value is -0.600. The molecule has 21 heavy (non-hydrogen) atoms. The van der Waals surface area contributed by atoms with Crippen molar-refractivity contribution in [3.8, 4) is 0 Å². The van der Waals surface area contributed by atoms with Crippen LogP contribution in [0.5, 0.6) is 0 Å². The molecule has 1 aliphatic rings. The van der Waals surface area contributed by atoms with Gasteiger partial charge in [-0.3, -0.25) is 14.5 Å². The van der Waals surface area contributed by atoms with Crippen LogP contribution in [-0.2, 0) is 9.59 Å². The maximum atomic E-state index is 12.0. The molecule has 2 N–H and O–H groups in total. The third-order valence-electron chi connectivity index (χ3n) is 2.71. The van der Waals surface area contributed by atoms with Crippen LogP contribution in [0.2, 0.25) is 10.0 Å². The predicted molar refractivity (Wildman–Crippen MR) is 87.4 cm³/mol. The van der Waals surface area contributed by atoms with Crippen molar-refractivity contribution in [2.24, 2.45) is 0 Å². The van der Waals surface area contributed by atoms with Crippen LogP contribution in [0.1, 0.15) is 0 Å². The molecule has 0 saturated heterocycles. The summed E-state index contributed by atoms with van der Waals surface area (Å²) in [5, 5.41) is 12.4. The number of aliphatic hydroxyl groups excluding tert-OH is 1. The molecule has 0 unspecified atom stereocenters. The highest BCUT2D eigenvalue weighted by atomic mass is 79.9. The van der Waals surface area contributed by atoms with Crippen molar-refractivity contribution in [1.82, 2.24) is 4.90 Å². The molecule has 2 amide bonds. The molecule has 0 spiro atoms. The molecule has 0 saturated carbocycles. The average Bonchev–Trinajstić information content (AvgIpc) is 2.69. The van der Waals surface area contributed by atoms with Gasteiger partial charge in [0.05, 0.1) is 33.4 Å². The summed E-state index contributed by atoms with van der Waals surface area (Å²) >= 11 is 18.7. The van der Waals surface area contributed by atoms with Gasteiger partial charge in [-0.05, 0) is 37.9 Å². The number of halogens is 4. The van der Waals surface area contributed by atoms with Crippen molar-refractivity contribution in [1.29, 1.82) is 0 Å². The predicted octanol–water partition coefficient (Wildman–Crippen LogP) is 3.18. The number of imide groups is 1. The van der Waals surface area contributed by atoms with Crippen molar-refractivity contribution in [3.05, 3.63) is 36.8 Å². The van der Waals surface area contributed by atoms with Gasteiger partial charge in [0, 0.05) is 10.5 Å². The number of hydrogen-bond donors (Lipinski definition) is 2. The van der Waals surface area contributed by atoms with Crippen LogP contribution in [0.15, 0.2) is 26.8 Å². The molecule has 0 radical (unpaired) electrons. The molecule has 112 valence electrons. The first-order valence-corrected chi connectivity index (χ1v) is 7.99. The topological polar surface area (TPSA) is 69.6 Å². The number of carbonyl (C=O) groups is 2. The molecule has 0 aliphatic carbocycles. The number of benzene rings is 1. The van der Waals surface area contributed by atoms with Crippen molar-refractivity contribution in [2.75, 3.05) is 18.5 Å². The molecule has 1 aliphatic heterocycles. The Kier molecular flexibility index (Phi) is 5.32. The molecule has 5 nitrogen and oxygen atoms in total. The number of hydrogen-bond acceptors (Lipinski definition) is 4. The van der Waals surface area contributed by atoms with E-state index in [4.69, 9.17) is 28.3 Å². The normalized spacial score (nSPS) is 14.7. The molecule has 2 rings (SSSR count). The van der Waals surface area contributed by atoms with Crippen LogP contribution in [0, 0.1) is 0 Å². The van der Waals surface area contributed by atoms with Crippen LogP contribution in [0.25, 0.3) is 0 Å². The number of β-amino-alcohol motifs (C(OH)–C–C–N with tert-alkyl or cyclic N) is 1. The lowest BCUT2D eigenvalue weighted by molar-refractivity contribution is -0.137. The number of anilines is 1. The van der Waals surface area contributed by atoms with Gasteiger partial charge in [-0.2, -0.15) is 0 Å². The lowest BCUT2D eigenvalue weighted by Gasteiger charge is -2.15. The SMILES string of the molecule is O=C1C=C(Nc2c(Cl)cc(Br)c(Cl)c2Br)C(=O)N1CCO. The Balaban J connectivity index is 2.32. The molecule has 0 atom stereocenters. The Morgan fingerprint density at radius 1 is 1.29 bits per heavy atom. The number of amides is 2. The van der Waals surface area contributed by atoms with Crippen LogP contribution in [-0.4, -0.2) is 35.0 Å². The Morgan fingerprint density at radius 3 is 2.57 bits per heavy atom. The molecular weight excluding hydrogens is 451 g/mol.